The largest absolute Gasteiger partial charge is 0.409 e. The van der Waals surface area contributed by atoms with E-state index < -0.39 is 0 Å². The van der Waals surface area contributed by atoms with Crippen LogP contribution in [0.5, 0.6) is 0 Å². The summed E-state index contributed by atoms with van der Waals surface area (Å²) in [6.07, 6.45) is 4.37. The summed E-state index contributed by atoms with van der Waals surface area (Å²) in [5.74, 6) is 0.294. The Labute approximate surface area is 79.2 Å². The van der Waals surface area contributed by atoms with Crippen molar-refractivity contribution < 1.29 is 5.21 Å². The zero-order valence-electron chi connectivity index (χ0n) is 8.38. The summed E-state index contributed by atoms with van der Waals surface area (Å²) in [5.41, 5.74) is 5.70. The average molecular weight is 185 g/mol. The molecule has 0 spiro atoms. The molecule has 0 amide bonds. The smallest absolute Gasteiger partial charge is 0.140 e. The number of nitrogens with two attached hydrogens (primary N) is 1. The summed E-state index contributed by atoms with van der Waals surface area (Å²) in [4.78, 5) is 0. The minimum atomic E-state index is 0.279. The Kier molecular flexibility index (Phi) is 3.14. The lowest BCUT2D eigenvalue weighted by atomic mass is 9.78. The Morgan fingerprint density at radius 3 is 2.69 bits per heavy atom. The van der Waals surface area contributed by atoms with Crippen LogP contribution in [0.15, 0.2) is 5.16 Å². The molecule has 0 aliphatic heterocycles. The monoisotopic (exact) mass is 185 g/mol. The van der Waals surface area contributed by atoms with Crippen molar-refractivity contribution in [1.82, 2.24) is 5.32 Å². The first-order chi connectivity index (χ1) is 6.06. The van der Waals surface area contributed by atoms with Crippen LogP contribution in [0.2, 0.25) is 0 Å². The van der Waals surface area contributed by atoms with Crippen LogP contribution in [0.1, 0.15) is 39.5 Å². The first-order valence-electron chi connectivity index (χ1n) is 4.80. The fourth-order valence-corrected chi connectivity index (χ4v) is 1.85. The van der Waals surface area contributed by atoms with Crippen molar-refractivity contribution in [3.63, 3.8) is 0 Å². The summed E-state index contributed by atoms with van der Waals surface area (Å²) in [7, 11) is 0. The highest BCUT2D eigenvalue weighted by Crippen LogP contribution is 2.31. The number of oxime groups is 1. The van der Waals surface area contributed by atoms with E-state index in [0.29, 0.717) is 12.3 Å². The third-order valence-electron chi connectivity index (χ3n) is 2.70. The highest BCUT2D eigenvalue weighted by molar-refractivity contribution is 5.80. The van der Waals surface area contributed by atoms with E-state index >= 15 is 0 Å². The maximum atomic E-state index is 8.39. The Balaban J connectivity index is 2.28. The van der Waals surface area contributed by atoms with E-state index in [1.807, 2.05) is 0 Å². The molecule has 0 saturated heterocycles. The fourth-order valence-electron chi connectivity index (χ4n) is 1.85. The molecule has 1 saturated carbocycles. The van der Waals surface area contributed by atoms with Crippen molar-refractivity contribution in [2.75, 3.05) is 0 Å². The molecule has 4 heteroatoms. The Hall–Kier alpha value is -0.770. The molecule has 0 aromatic heterocycles. The molecule has 1 unspecified atom stereocenters. The molecule has 1 fully saturated rings. The van der Waals surface area contributed by atoms with Crippen LogP contribution in [0, 0.1) is 0 Å². The minimum absolute atomic E-state index is 0.279. The molecule has 0 aromatic rings. The fraction of sp³-hybridized carbons (Fsp3) is 0.889. The summed E-state index contributed by atoms with van der Waals surface area (Å²) in [6, 6.07) is 0.279. The number of hydrogen-bond donors (Lipinski definition) is 3. The molecule has 1 atom stereocenters. The standard InChI is InChI=1S/C9H19N3O/c1-7(6-8(10)12-13)11-9(2)4-3-5-9/h7,11,13H,3-6H2,1-2H3,(H2,10,12). The molecule has 76 valence electrons. The maximum Gasteiger partial charge on any atom is 0.140 e. The second-order valence-corrected chi connectivity index (χ2v) is 4.26. The number of nitrogens with zero attached hydrogens (tertiary/aromatic N) is 1. The molecule has 4 N–H and O–H groups in total. The lowest BCUT2D eigenvalue weighted by molar-refractivity contribution is 0.190. The lowest BCUT2D eigenvalue weighted by Gasteiger charge is -2.41. The molecule has 1 rings (SSSR count). The van der Waals surface area contributed by atoms with Gasteiger partial charge in [-0.25, -0.2) is 0 Å². The van der Waals surface area contributed by atoms with Crippen molar-refractivity contribution in [2.24, 2.45) is 10.9 Å². The van der Waals surface area contributed by atoms with Gasteiger partial charge in [0, 0.05) is 18.0 Å². The van der Waals surface area contributed by atoms with Gasteiger partial charge in [0.25, 0.3) is 0 Å². The molecule has 1 aliphatic rings. The van der Waals surface area contributed by atoms with Gasteiger partial charge in [-0.1, -0.05) is 5.16 Å². The molecule has 4 nitrogen and oxygen atoms in total. The average Bonchev–Trinajstić information content (AvgIpc) is 2.01. The summed E-state index contributed by atoms with van der Waals surface area (Å²) >= 11 is 0. The lowest BCUT2D eigenvalue weighted by Crippen LogP contribution is -2.52. The van der Waals surface area contributed by atoms with Crippen LogP contribution in [0.25, 0.3) is 0 Å². The van der Waals surface area contributed by atoms with Crippen LogP contribution in [-0.4, -0.2) is 22.6 Å². The maximum absolute atomic E-state index is 8.39. The van der Waals surface area contributed by atoms with Gasteiger partial charge in [0.15, 0.2) is 0 Å². The predicted octanol–water partition coefficient (Wildman–Crippen LogP) is 1.04. The SMILES string of the molecule is CC(CC(N)=NO)NC1(C)CCC1. The van der Waals surface area contributed by atoms with E-state index in [4.69, 9.17) is 10.9 Å². The molecule has 0 aromatic carbocycles. The van der Waals surface area contributed by atoms with E-state index in [1.54, 1.807) is 0 Å². The van der Waals surface area contributed by atoms with E-state index in [9.17, 15) is 0 Å². The van der Waals surface area contributed by atoms with Crippen LogP contribution < -0.4 is 11.1 Å². The Morgan fingerprint density at radius 1 is 1.69 bits per heavy atom. The molecule has 0 bridgehead atoms. The van der Waals surface area contributed by atoms with Crippen molar-refractivity contribution in [1.29, 1.82) is 0 Å². The van der Waals surface area contributed by atoms with Gasteiger partial charge < -0.3 is 16.3 Å². The highest BCUT2D eigenvalue weighted by Gasteiger charge is 2.32. The topological polar surface area (TPSA) is 70.6 Å². The zero-order chi connectivity index (χ0) is 9.90. The second kappa shape index (κ2) is 3.96. The van der Waals surface area contributed by atoms with Gasteiger partial charge in [0.1, 0.15) is 5.84 Å². The van der Waals surface area contributed by atoms with Gasteiger partial charge >= 0.3 is 0 Å². The third kappa shape index (κ3) is 2.88. The second-order valence-electron chi connectivity index (χ2n) is 4.26. The summed E-state index contributed by atoms with van der Waals surface area (Å²) in [6.45, 7) is 4.28. The van der Waals surface area contributed by atoms with Crippen LogP contribution >= 0.6 is 0 Å². The van der Waals surface area contributed by atoms with Gasteiger partial charge in [0.2, 0.25) is 0 Å². The van der Waals surface area contributed by atoms with Crippen LogP contribution in [0.3, 0.4) is 0 Å². The first-order valence-corrected chi connectivity index (χ1v) is 4.80. The van der Waals surface area contributed by atoms with Gasteiger partial charge in [-0.15, -0.1) is 0 Å². The minimum Gasteiger partial charge on any atom is -0.409 e. The Bertz CT molecular complexity index is 199. The zero-order valence-corrected chi connectivity index (χ0v) is 8.38. The molecule has 1 aliphatic carbocycles. The van der Waals surface area contributed by atoms with E-state index in [1.165, 1.54) is 19.3 Å². The quantitative estimate of drug-likeness (QED) is 0.265. The Morgan fingerprint density at radius 2 is 2.31 bits per heavy atom. The summed E-state index contributed by atoms with van der Waals surface area (Å²) < 4.78 is 0. The van der Waals surface area contributed by atoms with Gasteiger partial charge in [-0.2, -0.15) is 0 Å². The third-order valence-corrected chi connectivity index (χ3v) is 2.70. The van der Waals surface area contributed by atoms with Crippen LogP contribution in [-0.2, 0) is 0 Å². The van der Waals surface area contributed by atoms with Crippen molar-refractivity contribution in [3.8, 4) is 0 Å². The molecular formula is C9H19N3O. The molecule has 0 heterocycles. The highest BCUT2D eigenvalue weighted by atomic mass is 16.4. The van der Waals surface area contributed by atoms with E-state index in [0.717, 1.165) is 0 Å². The predicted molar refractivity (Wildman–Crippen MR) is 52.9 cm³/mol. The molecule has 0 radical (unpaired) electrons. The molecular weight excluding hydrogens is 166 g/mol. The van der Waals surface area contributed by atoms with Crippen molar-refractivity contribution in [2.45, 2.75) is 51.1 Å². The number of rotatable bonds is 4. The number of nitrogens with one attached hydrogen (secondary N) is 1. The first kappa shape index (κ1) is 10.3. The van der Waals surface area contributed by atoms with Gasteiger partial charge in [-0.3, -0.25) is 0 Å². The van der Waals surface area contributed by atoms with E-state index in [2.05, 4.69) is 24.3 Å². The number of amidine groups is 1. The van der Waals surface area contributed by atoms with Gasteiger partial charge in [0.05, 0.1) is 0 Å². The van der Waals surface area contributed by atoms with Crippen molar-refractivity contribution in [3.05, 3.63) is 0 Å². The summed E-state index contributed by atoms with van der Waals surface area (Å²) in [5, 5.41) is 14.8. The molecule has 13 heavy (non-hydrogen) atoms. The normalized spacial score (nSPS) is 23.7. The number of hydrogen-bond acceptors (Lipinski definition) is 3. The van der Waals surface area contributed by atoms with Crippen molar-refractivity contribution >= 4 is 5.84 Å². The van der Waals surface area contributed by atoms with Crippen LogP contribution in [0.4, 0.5) is 0 Å². The van der Waals surface area contributed by atoms with E-state index in [-0.39, 0.29) is 11.6 Å². The van der Waals surface area contributed by atoms with Gasteiger partial charge in [-0.05, 0) is 33.1 Å².